The van der Waals surface area contributed by atoms with Gasteiger partial charge in [-0.15, -0.1) is 0 Å². The minimum Gasteiger partial charge on any atom is -0.294 e. The van der Waals surface area contributed by atoms with Crippen molar-refractivity contribution >= 4 is 0 Å². The molecular formula is C7H11NO. The molecule has 1 aliphatic heterocycles. The smallest absolute Gasteiger partial charge is 0.101 e. The van der Waals surface area contributed by atoms with Crippen molar-refractivity contribution in [1.82, 2.24) is 5.48 Å². The Morgan fingerprint density at radius 3 is 3.44 bits per heavy atom. The Hall–Kier alpha value is -0.340. The first kappa shape index (κ1) is 5.45. The van der Waals surface area contributed by atoms with Gasteiger partial charge in [0.25, 0.3) is 0 Å². The Morgan fingerprint density at radius 1 is 1.56 bits per heavy atom. The number of hydroxylamine groups is 1. The fraction of sp³-hybridized carbons (Fsp3) is 0.714. The zero-order valence-corrected chi connectivity index (χ0v) is 5.34. The second kappa shape index (κ2) is 2.12. The summed E-state index contributed by atoms with van der Waals surface area (Å²) < 4.78 is 0. The van der Waals surface area contributed by atoms with Crippen molar-refractivity contribution in [2.75, 3.05) is 6.54 Å². The topological polar surface area (TPSA) is 21.3 Å². The second-order valence-corrected chi connectivity index (χ2v) is 2.70. The van der Waals surface area contributed by atoms with Crippen LogP contribution in [0.2, 0.25) is 0 Å². The monoisotopic (exact) mass is 125 g/mol. The molecule has 2 heteroatoms. The highest BCUT2D eigenvalue weighted by molar-refractivity contribution is 5.00. The molecule has 0 aromatic rings. The normalized spacial score (nSPS) is 40.9. The lowest BCUT2D eigenvalue weighted by Crippen LogP contribution is -2.17. The Bertz CT molecular complexity index is 133. The van der Waals surface area contributed by atoms with Crippen LogP contribution in [0.5, 0.6) is 0 Å². The summed E-state index contributed by atoms with van der Waals surface area (Å²) in [6, 6.07) is 0. The summed E-state index contributed by atoms with van der Waals surface area (Å²) >= 11 is 0. The first-order valence-corrected chi connectivity index (χ1v) is 3.52. The van der Waals surface area contributed by atoms with Gasteiger partial charge in [-0.05, 0) is 12.8 Å². The molecule has 0 saturated carbocycles. The fourth-order valence-electron chi connectivity index (χ4n) is 1.47. The van der Waals surface area contributed by atoms with Crippen LogP contribution in [0.3, 0.4) is 0 Å². The van der Waals surface area contributed by atoms with Gasteiger partial charge >= 0.3 is 0 Å². The predicted octanol–water partition coefficient (Wildman–Crippen LogP) is 0.856. The van der Waals surface area contributed by atoms with Gasteiger partial charge in [0.05, 0.1) is 0 Å². The number of hydrogen-bond donors (Lipinski definition) is 1. The second-order valence-electron chi connectivity index (χ2n) is 2.70. The van der Waals surface area contributed by atoms with Crippen molar-refractivity contribution in [3.8, 4) is 0 Å². The third kappa shape index (κ3) is 0.884. The first-order valence-electron chi connectivity index (χ1n) is 3.52. The molecule has 0 aromatic heterocycles. The summed E-state index contributed by atoms with van der Waals surface area (Å²) in [4.78, 5) is 5.22. The summed E-state index contributed by atoms with van der Waals surface area (Å²) in [5.74, 6) is 0.745. The van der Waals surface area contributed by atoms with Crippen molar-refractivity contribution in [2.24, 2.45) is 5.92 Å². The van der Waals surface area contributed by atoms with Gasteiger partial charge in [-0.2, -0.15) is 0 Å². The van der Waals surface area contributed by atoms with Crippen LogP contribution in [0.15, 0.2) is 12.2 Å². The van der Waals surface area contributed by atoms with Crippen LogP contribution in [-0.4, -0.2) is 12.6 Å². The van der Waals surface area contributed by atoms with Crippen LogP contribution in [0.4, 0.5) is 0 Å². The van der Waals surface area contributed by atoms with Crippen LogP contribution in [0.25, 0.3) is 0 Å². The van der Waals surface area contributed by atoms with Gasteiger partial charge < -0.3 is 0 Å². The summed E-state index contributed by atoms with van der Waals surface area (Å²) in [5, 5.41) is 0. The molecule has 50 valence electrons. The van der Waals surface area contributed by atoms with Gasteiger partial charge in [-0.3, -0.25) is 4.84 Å². The molecule has 1 N–H and O–H groups in total. The van der Waals surface area contributed by atoms with E-state index in [1.54, 1.807) is 0 Å². The molecule has 0 spiro atoms. The molecule has 9 heavy (non-hydrogen) atoms. The average molecular weight is 125 g/mol. The van der Waals surface area contributed by atoms with Gasteiger partial charge in [-0.1, -0.05) is 12.2 Å². The summed E-state index contributed by atoms with van der Waals surface area (Å²) in [6.07, 6.45) is 7.25. The molecule has 2 unspecified atom stereocenters. The maximum atomic E-state index is 5.22. The maximum Gasteiger partial charge on any atom is 0.101 e. The number of nitrogens with one attached hydrogen (secondary N) is 1. The number of rotatable bonds is 0. The predicted molar refractivity (Wildman–Crippen MR) is 34.7 cm³/mol. The van der Waals surface area contributed by atoms with E-state index in [0.717, 1.165) is 12.5 Å². The van der Waals surface area contributed by atoms with E-state index in [1.165, 1.54) is 12.8 Å². The molecular weight excluding hydrogens is 114 g/mol. The van der Waals surface area contributed by atoms with Gasteiger partial charge in [0.1, 0.15) is 6.10 Å². The van der Waals surface area contributed by atoms with E-state index in [0.29, 0.717) is 6.10 Å². The summed E-state index contributed by atoms with van der Waals surface area (Å²) in [5.41, 5.74) is 2.91. The van der Waals surface area contributed by atoms with Gasteiger partial charge in [0, 0.05) is 12.5 Å². The summed E-state index contributed by atoms with van der Waals surface area (Å²) in [7, 11) is 0. The SMILES string of the molecule is C1=CC2ONCC2CC1. The van der Waals surface area contributed by atoms with E-state index >= 15 is 0 Å². The molecule has 0 aromatic carbocycles. The highest BCUT2D eigenvalue weighted by Gasteiger charge is 2.27. The van der Waals surface area contributed by atoms with Crippen LogP contribution in [-0.2, 0) is 4.84 Å². The Morgan fingerprint density at radius 2 is 2.56 bits per heavy atom. The molecule has 1 fully saturated rings. The quantitative estimate of drug-likeness (QED) is 0.485. The van der Waals surface area contributed by atoms with E-state index in [2.05, 4.69) is 17.6 Å². The van der Waals surface area contributed by atoms with E-state index in [-0.39, 0.29) is 0 Å². The highest BCUT2D eigenvalue weighted by Crippen LogP contribution is 2.23. The Balaban J connectivity index is 2.10. The molecule has 0 amide bonds. The molecule has 2 nitrogen and oxygen atoms in total. The lowest BCUT2D eigenvalue weighted by molar-refractivity contribution is 0.0491. The first-order chi connectivity index (χ1) is 4.47. The molecule has 0 radical (unpaired) electrons. The van der Waals surface area contributed by atoms with Crippen LogP contribution in [0, 0.1) is 5.92 Å². The van der Waals surface area contributed by atoms with E-state index in [4.69, 9.17) is 4.84 Å². The number of allylic oxidation sites excluding steroid dienone is 1. The lowest BCUT2D eigenvalue weighted by Gasteiger charge is -2.15. The van der Waals surface area contributed by atoms with Crippen molar-refractivity contribution in [1.29, 1.82) is 0 Å². The van der Waals surface area contributed by atoms with E-state index < -0.39 is 0 Å². The average Bonchev–Trinajstić information content (AvgIpc) is 2.33. The standard InChI is InChI=1S/C7H11NO/c1-2-4-7-6(3-1)5-8-9-7/h2,4,6-8H,1,3,5H2. The van der Waals surface area contributed by atoms with Crippen LogP contribution >= 0.6 is 0 Å². The van der Waals surface area contributed by atoms with Crippen molar-refractivity contribution in [3.63, 3.8) is 0 Å². The number of fused-ring (bicyclic) bond motifs is 1. The fourth-order valence-corrected chi connectivity index (χ4v) is 1.47. The zero-order valence-electron chi connectivity index (χ0n) is 5.34. The lowest BCUT2D eigenvalue weighted by atomic mass is 9.93. The van der Waals surface area contributed by atoms with Crippen molar-refractivity contribution < 1.29 is 4.84 Å². The zero-order chi connectivity index (χ0) is 6.10. The third-order valence-electron chi connectivity index (χ3n) is 2.06. The molecule has 2 aliphatic rings. The van der Waals surface area contributed by atoms with E-state index in [1.807, 2.05) is 0 Å². The van der Waals surface area contributed by atoms with E-state index in [9.17, 15) is 0 Å². The molecule has 1 aliphatic carbocycles. The van der Waals surface area contributed by atoms with Gasteiger partial charge in [-0.25, -0.2) is 5.48 Å². The third-order valence-corrected chi connectivity index (χ3v) is 2.06. The largest absolute Gasteiger partial charge is 0.294 e. The van der Waals surface area contributed by atoms with Gasteiger partial charge in [0.15, 0.2) is 0 Å². The highest BCUT2D eigenvalue weighted by atomic mass is 16.7. The minimum atomic E-state index is 0.374. The minimum absolute atomic E-state index is 0.374. The van der Waals surface area contributed by atoms with Crippen molar-refractivity contribution in [2.45, 2.75) is 18.9 Å². The Kier molecular flexibility index (Phi) is 1.28. The molecule has 1 heterocycles. The molecule has 2 rings (SSSR count). The molecule has 1 saturated heterocycles. The van der Waals surface area contributed by atoms with Crippen LogP contribution < -0.4 is 5.48 Å². The Labute approximate surface area is 54.8 Å². The maximum absolute atomic E-state index is 5.22. The van der Waals surface area contributed by atoms with Gasteiger partial charge in [0.2, 0.25) is 0 Å². The van der Waals surface area contributed by atoms with Crippen molar-refractivity contribution in [3.05, 3.63) is 12.2 Å². The summed E-state index contributed by atoms with van der Waals surface area (Å²) in [6.45, 7) is 1.04. The molecule has 0 bridgehead atoms. The number of hydrogen-bond acceptors (Lipinski definition) is 2. The van der Waals surface area contributed by atoms with Crippen LogP contribution in [0.1, 0.15) is 12.8 Å². The molecule has 2 atom stereocenters.